The van der Waals surface area contributed by atoms with Crippen molar-refractivity contribution in [3.8, 4) is 5.75 Å². The molecule has 2 rings (SSSR count). The fourth-order valence-corrected chi connectivity index (χ4v) is 3.51. The average molecular weight is 245 g/mol. The third kappa shape index (κ3) is 2.15. The van der Waals surface area contributed by atoms with Crippen molar-refractivity contribution < 1.29 is 4.74 Å². The van der Waals surface area contributed by atoms with Gasteiger partial charge in [0.15, 0.2) is 16.6 Å². The minimum Gasteiger partial charge on any atom is -0.490 e. The standard InChI is InChI=1S/C9H15N3OS2/c1-6-5-12(3-4-14-6)9-7(13-2)8(10)11-15-9/h6H,3-5H2,1-2H3,(H2,10,11). The normalized spacial score (nSPS) is 21.7. The van der Waals surface area contributed by atoms with Gasteiger partial charge in [-0.05, 0) is 11.5 Å². The van der Waals surface area contributed by atoms with Gasteiger partial charge in [-0.25, -0.2) is 0 Å². The second-order valence-corrected chi connectivity index (χ2v) is 5.83. The molecule has 2 N–H and O–H groups in total. The smallest absolute Gasteiger partial charge is 0.197 e. The molecule has 0 amide bonds. The molecule has 1 aliphatic heterocycles. The molecule has 0 bridgehead atoms. The second-order valence-electron chi connectivity index (χ2n) is 3.53. The van der Waals surface area contributed by atoms with E-state index in [0.717, 1.165) is 29.6 Å². The summed E-state index contributed by atoms with van der Waals surface area (Å²) in [5.74, 6) is 2.39. The number of anilines is 2. The molecule has 1 aromatic heterocycles. The van der Waals surface area contributed by atoms with E-state index in [0.29, 0.717) is 11.1 Å². The molecule has 1 saturated heterocycles. The quantitative estimate of drug-likeness (QED) is 0.859. The first-order chi connectivity index (χ1) is 7.22. The van der Waals surface area contributed by atoms with Crippen molar-refractivity contribution in [2.75, 3.05) is 36.6 Å². The molecule has 0 spiro atoms. The molecule has 1 aliphatic rings. The Bertz CT molecular complexity index is 342. The monoisotopic (exact) mass is 245 g/mol. The highest BCUT2D eigenvalue weighted by Crippen LogP contribution is 2.39. The van der Waals surface area contributed by atoms with Gasteiger partial charge in [-0.3, -0.25) is 0 Å². The lowest BCUT2D eigenvalue weighted by molar-refractivity contribution is 0.417. The molecule has 0 radical (unpaired) electrons. The molecule has 0 aliphatic carbocycles. The highest BCUT2D eigenvalue weighted by molar-refractivity contribution is 8.00. The maximum atomic E-state index is 5.74. The summed E-state index contributed by atoms with van der Waals surface area (Å²) in [6.45, 7) is 4.34. The fourth-order valence-electron chi connectivity index (χ4n) is 1.68. The first-order valence-corrected chi connectivity index (χ1v) is 6.70. The Labute approximate surface area is 98.0 Å². The van der Waals surface area contributed by atoms with E-state index in [1.54, 1.807) is 7.11 Å². The minimum absolute atomic E-state index is 0.503. The summed E-state index contributed by atoms with van der Waals surface area (Å²) in [5, 5.41) is 1.73. The topological polar surface area (TPSA) is 51.4 Å². The van der Waals surface area contributed by atoms with E-state index >= 15 is 0 Å². The zero-order chi connectivity index (χ0) is 10.8. The van der Waals surface area contributed by atoms with Crippen LogP contribution in [-0.4, -0.2) is 35.6 Å². The lowest BCUT2D eigenvalue weighted by atomic mass is 10.4. The van der Waals surface area contributed by atoms with Gasteiger partial charge in [0.2, 0.25) is 0 Å². The van der Waals surface area contributed by atoms with Crippen LogP contribution in [0.4, 0.5) is 10.8 Å². The fraction of sp³-hybridized carbons (Fsp3) is 0.667. The number of hydrogen-bond acceptors (Lipinski definition) is 6. The number of nitrogens with zero attached hydrogens (tertiary/aromatic N) is 2. The Morgan fingerprint density at radius 3 is 3.07 bits per heavy atom. The van der Waals surface area contributed by atoms with Crippen molar-refractivity contribution in [1.82, 2.24) is 4.37 Å². The van der Waals surface area contributed by atoms with Crippen LogP contribution in [0.1, 0.15) is 6.92 Å². The van der Waals surface area contributed by atoms with Gasteiger partial charge in [-0.1, -0.05) is 6.92 Å². The molecule has 1 atom stereocenters. The first kappa shape index (κ1) is 10.9. The first-order valence-electron chi connectivity index (χ1n) is 4.88. The largest absolute Gasteiger partial charge is 0.490 e. The summed E-state index contributed by atoms with van der Waals surface area (Å²) in [6, 6.07) is 0. The molecule has 1 aromatic rings. The van der Waals surface area contributed by atoms with E-state index in [1.807, 2.05) is 11.8 Å². The predicted octanol–water partition coefficient (Wildman–Crippen LogP) is 1.68. The summed E-state index contributed by atoms with van der Waals surface area (Å²) in [5.41, 5.74) is 5.74. The van der Waals surface area contributed by atoms with Crippen molar-refractivity contribution >= 4 is 34.1 Å². The Kier molecular flexibility index (Phi) is 3.25. The lowest BCUT2D eigenvalue weighted by Crippen LogP contribution is -2.36. The van der Waals surface area contributed by atoms with Gasteiger partial charge in [0.25, 0.3) is 0 Å². The summed E-state index contributed by atoms with van der Waals surface area (Å²) in [4.78, 5) is 2.31. The van der Waals surface area contributed by atoms with Crippen LogP contribution in [0.3, 0.4) is 0 Å². The molecule has 4 nitrogen and oxygen atoms in total. The van der Waals surface area contributed by atoms with Crippen molar-refractivity contribution in [2.45, 2.75) is 12.2 Å². The number of nitrogens with two attached hydrogens (primary N) is 1. The van der Waals surface area contributed by atoms with E-state index in [1.165, 1.54) is 11.5 Å². The van der Waals surface area contributed by atoms with Gasteiger partial charge < -0.3 is 15.4 Å². The number of thioether (sulfide) groups is 1. The van der Waals surface area contributed by atoms with Crippen molar-refractivity contribution in [2.24, 2.45) is 0 Å². The molecule has 15 heavy (non-hydrogen) atoms. The lowest BCUT2D eigenvalue weighted by Gasteiger charge is -2.31. The van der Waals surface area contributed by atoms with Crippen LogP contribution in [0, 0.1) is 0 Å². The average Bonchev–Trinajstić information content (AvgIpc) is 2.59. The van der Waals surface area contributed by atoms with Crippen molar-refractivity contribution in [3.05, 3.63) is 0 Å². The van der Waals surface area contributed by atoms with Crippen LogP contribution >= 0.6 is 23.3 Å². The maximum Gasteiger partial charge on any atom is 0.197 e. The highest BCUT2D eigenvalue weighted by Gasteiger charge is 2.23. The molecule has 0 saturated carbocycles. The number of hydrogen-bond donors (Lipinski definition) is 1. The van der Waals surface area contributed by atoms with Gasteiger partial charge in [0.05, 0.1) is 7.11 Å². The van der Waals surface area contributed by atoms with Gasteiger partial charge in [-0.2, -0.15) is 16.1 Å². The van der Waals surface area contributed by atoms with Crippen LogP contribution in [-0.2, 0) is 0 Å². The molecule has 0 aromatic carbocycles. The third-order valence-corrected chi connectivity index (χ3v) is 4.43. The minimum atomic E-state index is 0.503. The van der Waals surface area contributed by atoms with Crippen molar-refractivity contribution in [3.63, 3.8) is 0 Å². The molecule has 6 heteroatoms. The van der Waals surface area contributed by atoms with E-state index < -0.39 is 0 Å². The van der Waals surface area contributed by atoms with Crippen LogP contribution in [0.15, 0.2) is 0 Å². The molecule has 1 fully saturated rings. The summed E-state index contributed by atoms with van der Waals surface area (Å²) >= 11 is 3.43. The summed E-state index contributed by atoms with van der Waals surface area (Å²) < 4.78 is 9.41. The SMILES string of the molecule is COc1c(N)nsc1N1CCSC(C)C1. The highest BCUT2D eigenvalue weighted by atomic mass is 32.2. The summed E-state index contributed by atoms with van der Waals surface area (Å²) in [7, 11) is 1.64. The second kappa shape index (κ2) is 4.49. The Morgan fingerprint density at radius 1 is 1.60 bits per heavy atom. The van der Waals surface area contributed by atoms with E-state index in [9.17, 15) is 0 Å². The van der Waals surface area contributed by atoms with Crippen molar-refractivity contribution in [1.29, 1.82) is 0 Å². The number of rotatable bonds is 2. The third-order valence-electron chi connectivity index (χ3n) is 2.39. The Balaban J connectivity index is 2.20. The van der Waals surface area contributed by atoms with Crippen LogP contribution < -0.4 is 15.4 Å². The molecular weight excluding hydrogens is 230 g/mol. The number of aromatic nitrogens is 1. The number of nitrogen functional groups attached to an aromatic ring is 1. The van der Waals surface area contributed by atoms with Crippen LogP contribution in [0.25, 0.3) is 0 Å². The molecule has 84 valence electrons. The Hall–Kier alpha value is -0.620. The van der Waals surface area contributed by atoms with E-state index in [4.69, 9.17) is 10.5 Å². The van der Waals surface area contributed by atoms with Gasteiger partial charge in [0.1, 0.15) is 0 Å². The zero-order valence-corrected chi connectivity index (χ0v) is 10.5. The zero-order valence-electron chi connectivity index (χ0n) is 8.90. The summed E-state index contributed by atoms with van der Waals surface area (Å²) in [6.07, 6.45) is 0. The van der Waals surface area contributed by atoms with Gasteiger partial charge in [0, 0.05) is 24.1 Å². The molecule has 2 heterocycles. The maximum absolute atomic E-state index is 5.74. The van der Waals surface area contributed by atoms with E-state index in [-0.39, 0.29) is 0 Å². The molecule has 1 unspecified atom stereocenters. The number of ether oxygens (including phenoxy) is 1. The van der Waals surface area contributed by atoms with E-state index in [2.05, 4.69) is 16.2 Å². The van der Waals surface area contributed by atoms with Gasteiger partial charge >= 0.3 is 0 Å². The van der Waals surface area contributed by atoms with Crippen LogP contribution in [0.5, 0.6) is 5.75 Å². The van der Waals surface area contributed by atoms with Gasteiger partial charge in [-0.15, -0.1) is 0 Å². The predicted molar refractivity (Wildman–Crippen MR) is 67.2 cm³/mol. The number of methoxy groups -OCH3 is 1. The Morgan fingerprint density at radius 2 is 2.40 bits per heavy atom. The molecular formula is C9H15N3OS2. The van der Waals surface area contributed by atoms with Crippen LogP contribution in [0.2, 0.25) is 0 Å².